The fourth-order valence-corrected chi connectivity index (χ4v) is 2.22. The van der Waals surface area contributed by atoms with Gasteiger partial charge in [-0.25, -0.2) is 4.79 Å². The van der Waals surface area contributed by atoms with Crippen molar-refractivity contribution in [2.75, 3.05) is 7.11 Å². The molecule has 0 amide bonds. The van der Waals surface area contributed by atoms with Crippen molar-refractivity contribution in [3.05, 3.63) is 70.8 Å². The average Bonchev–Trinajstić information content (AvgIpc) is 2.52. The van der Waals surface area contributed by atoms with E-state index in [4.69, 9.17) is 4.74 Å². The summed E-state index contributed by atoms with van der Waals surface area (Å²) in [6.07, 6.45) is 0. The lowest BCUT2D eigenvalue weighted by molar-refractivity contribution is 0.0599. The number of nitrogens with one attached hydrogen (secondary N) is 1. The molecule has 0 aliphatic heterocycles. The molecule has 3 nitrogen and oxygen atoms in total. The lowest BCUT2D eigenvalue weighted by Crippen LogP contribution is -2.20. The third kappa shape index (κ3) is 3.92. The van der Waals surface area contributed by atoms with Gasteiger partial charge in [0.1, 0.15) is 0 Å². The molecule has 0 spiro atoms. The number of benzene rings is 2. The molecule has 0 saturated heterocycles. The van der Waals surface area contributed by atoms with Gasteiger partial charge in [-0.15, -0.1) is 0 Å². The second-order valence-electron chi connectivity index (χ2n) is 5.16. The predicted octanol–water partition coefficient (Wildman–Crippen LogP) is 3.63. The van der Waals surface area contributed by atoms with Crippen molar-refractivity contribution in [3.8, 4) is 0 Å². The Labute approximate surface area is 126 Å². The molecule has 0 aromatic heterocycles. The summed E-state index contributed by atoms with van der Waals surface area (Å²) in [5.74, 6) is -0.296. The second-order valence-corrected chi connectivity index (χ2v) is 5.16. The van der Waals surface area contributed by atoms with Crippen LogP contribution in [0, 0.1) is 6.92 Å². The Morgan fingerprint density at radius 1 is 1.14 bits per heavy atom. The maximum Gasteiger partial charge on any atom is 0.338 e. The highest BCUT2D eigenvalue weighted by Gasteiger charge is 2.12. The molecule has 0 unspecified atom stereocenters. The Morgan fingerprint density at radius 2 is 1.81 bits per heavy atom. The molecule has 0 aliphatic carbocycles. The zero-order valence-electron chi connectivity index (χ0n) is 12.7. The summed E-state index contributed by atoms with van der Waals surface area (Å²) in [6, 6.07) is 16.2. The van der Waals surface area contributed by atoms with Gasteiger partial charge in [0.05, 0.1) is 12.7 Å². The first-order valence-electron chi connectivity index (χ1n) is 7.08. The minimum atomic E-state index is -0.296. The summed E-state index contributed by atoms with van der Waals surface area (Å²) in [5.41, 5.74) is 4.05. The van der Waals surface area contributed by atoms with Gasteiger partial charge >= 0.3 is 5.97 Å². The molecule has 0 fully saturated rings. The summed E-state index contributed by atoms with van der Waals surface area (Å²) in [6.45, 7) is 4.82. The summed E-state index contributed by atoms with van der Waals surface area (Å²) < 4.78 is 4.81. The van der Waals surface area contributed by atoms with E-state index in [1.54, 1.807) is 6.07 Å². The maximum absolute atomic E-state index is 11.7. The van der Waals surface area contributed by atoms with Crippen LogP contribution in [0.5, 0.6) is 0 Å². The van der Waals surface area contributed by atoms with E-state index >= 15 is 0 Å². The number of methoxy groups -OCH3 is 1. The Hall–Kier alpha value is -2.13. The summed E-state index contributed by atoms with van der Waals surface area (Å²) >= 11 is 0. The lowest BCUT2D eigenvalue weighted by Gasteiger charge is -2.16. The molecule has 2 rings (SSSR count). The van der Waals surface area contributed by atoms with E-state index in [0.29, 0.717) is 12.1 Å². The van der Waals surface area contributed by atoms with E-state index in [1.165, 1.54) is 18.2 Å². The Bertz CT molecular complexity index is 605. The van der Waals surface area contributed by atoms with E-state index in [2.05, 4.69) is 43.4 Å². The zero-order valence-corrected chi connectivity index (χ0v) is 12.7. The van der Waals surface area contributed by atoms with E-state index in [9.17, 15) is 4.79 Å². The number of carbonyl (C=O) groups is 1. The molecular formula is C18H21NO2. The van der Waals surface area contributed by atoms with Crippen molar-refractivity contribution >= 4 is 5.97 Å². The summed E-state index contributed by atoms with van der Waals surface area (Å²) in [7, 11) is 1.40. The molecule has 0 bridgehead atoms. The molecule has 0 saturated carbocycles. The van der Waals surface area contributed by atoms with Crippen molar-refractivity contribution in [1.29, 1.82) is 0 Å². The number of rotatable bonds is 5. The van der Waals surface area contributed by atoms with Crippen LogP contribution in [0.25, 0.3) is 0 Å². The molecule has 0 aliphatic rings. The molecule has 3 heteroatoms. The van der Waals surface area contributed by atoms with Crippen molar-refractivity contribution in [3.63, 3.8) is 0 Å². The van der Waals surface area contributed by atoms with E-state index in [-0.39, 0.29) is 12.0 Å². The zero-order chi connectivity index (χ0) is 15.2. The van der Waals surface area contributed by atoms with Crippen molar-refractivity contribution in [1.82, 2.24) is 5.32 Å². The van der Waals surface area contributed by atoms with Gasteiger partial charge in [0.2, 0.25) is 0 Å². The Balaban J connectivity index is 2.06. The van der Waals surface area contributed by atoms with Crippen LogP contribution in [0.3, 0.4) is 0 Å². The van der Waals surface area contributed by atoms with Crippen LogP contribution in [0.1, 0.15) is 40.0 Å². The first-order chi connectivity index (χ1) is 10.1. The third-order valence-corrected chi connectivity index (χ3v) is 3.60. The molecule has 1 atom stereocenters. The Kier molecular flexibility index (Phi) is 5.12. The largest absolute Gasteiger partial charge is 0.465 e. The maximum atomic E-state index is 11.7. The minimum absolute atomic E-state index is 0.219. The second kappa shape index (κ2) is 7.04. The highest BCUT2D eigenvalue weighted by Crippen LogP contribution is 2.15. The van der Waals surface area contributed by atoms with Crippen LogP contribution in [0.15, 0.2) is 48.5 Å². The third-order valence-electron chi connectivity index (χ3n) is 3.60. The van der Waals surface area contributed by atoms with E-state index in [0.717, 1.165) is 5.56 Å². The van der Waals surface area contributed by atoms with E-state index in [1.807, 2.05) is 18.2 Å². The van der Waals surface area contributed by atoms with Gasteiger partial charge in [-0.05, 0) is 31.0 Å². The van der Waals surface area contributed by atoms with Gasteiger partial charge in [0, 0.05) is 12.6 Å². The number of ether oxygens (including phenoxy) is 1. The van der Waals surface area contributed by atoms with Gasteiger partial charge in [-0.3, -0.25) is 0 Å². The normalized spacial score (nSPS) is 12.0. The molecule has 1 N–H and O–H groups in total. The predicted molar refractivity (Wildman–Crippen MR) is 84.2 cm³/mol. The highest BCUT2D eigenvalue weighted by molar-refractivity contribution is 5.90. The number of hydrogen-bond donors (Lipinski definition) is 1. The molecule has 2 aromatic carbocycles. The summed E-state index contributed by atoms with van der Waals surface area (Å²) in [5, 5.41) is 3.45. The monoisotopic (exact) mass is 283 g/mol. The first kappa shape index (κ1) is 15.3. The van der Waals surface area contributed by atoms with Crippen molar-refractivity contribution in [2.45, 2.75) is 26.4 Å². The van der Waals surface area contributed by atoms with Gasteiger partial charge in [0.15, 0.2) is 0 Å². The number of aryl methyl sites for hydroxylation is 1. The van der Waals surface area contributed by atoms with Gasteiger partial charge in [-0.1, -0.05) is 48.0 Å². The average molecular weight is 283 g/mol. The van der Waals surface area contributed by atoms with Crippen molar-refractivity contribution < 1.29 is 9.53 Å². The van der Waals surface area contributed by atoms with Crippen LogP contribution in [0.4, 0.5) is 0 Å². The Morgan fingerprint density at radius 3 is 2.48 bits per heavy atom. The molecule has 0 radical (unpaired) electrons. The van der Waals surface area contributed by atoms with Crippen LogP contribution in [0.2, 0.25) is 0 Å². The fraction of sp³-hybridized carbons (Fsp3) is 0.278. The first-order valence-corrected chi connectivity index (χ1v) is 7.08. The van der Waals surface area contributed by atoms with Gasteiger partial charge in [-0.2, -0.15) is 0 Å². The number of esters is 1. The van der Waals surface area contributed by atoms with E-state index < -0.39 is 0 Å². The molecular weight excluding hydrogens is 262 g/mol. The lowest BCUT2D eigenvalue weighted by atomic mass is 10.0. The standard InChI is InChI=1S/C18H21NO2/c1-13-8-10-15(11-9-13)14(2)19-12-16-6-4-5-7-17(16)18(20)21-3/h4-11,14,19H,12H2,1-3H3/t14-/m1/s1. The van der Waals surface area contributed by atoms with Crippen molar-refractivity contribution in [2.24, 2.45) is 0 Å². The molecule has 2 aromatic rings. The molecule has 0 heterocycles. The minimum Gasteiger partial charge on any atom is -0.465 e. The molecule has 21 heavy (non-hydrogen) atoms. The quantitative estimate of drug-likeness (QED) is 0.852. The molecule has 110 valence electrons. The van der Waals surface area contributed by atoms with Crippen LogP contribution in [-0.4, -0.2) is 13.1 Å². The van der Waals surface area contributed by atoms with Crippen LogP contribution < -0.4 is 5.32 Å². The van der Waals surface area contributed by atoms with Crippen LogP contribution in [-0.2, 0) is 11.3 Å². The number of carbonyl (C=O) groups excluding carboxylic acids is 1. The smallest absolute Gasteiger partial charge is 0.338 e. The van der Waals surface area contributed by atoms with Crippen LogP contribution >= 0.6 is 0 Å². The number of hydrogen-bond acceptors (Lipinski definition) is 3. The highest BCUT2D eigenvalue weighted by atomic mass is 16.5. The van der Waals surface area contributed by atoms with Gasteiger partial charge in [0.25, 0.3) is 0 Å². The fourth-order valence-electron chi connectivity index (χ4n) is 2.22. The topological polar surface area (TPSA) is 38.3 Å². The van der Waals surface area contributed by atoms with Gasteiger partial charge < -0.3 is 10.1 Å². The summed E-state index contributed by atoms with van der Waals surface area (Å²) in [4.78, 5) is 11.7. The SMILES string of the molecule is COC(=O)c1ccccc1CN[C@H](C)c1ccc(C)cc1.